The molecule has 1 aromatic carbocycles. The molecule has 1 atom stereocenters. The van der Waals surface area contributed by atoms with E-state index in [1.54, 1.807) is 11.3 Å². The van der Waals surface area contributed by atoms with Crippen LogP contribution in [-0.4, -0.2) is 33.3 Å². The van der Waals surface area contributed by atoms with Crippen LogP contribution in [0.25, 0.3) is 0 Å². The molecule has 146 valence electrons. The average Bonchev–Trinajstić information content (AvgIpc) is 3.44. The van der Waals surface area contributed by atoms with Gasteiger partial charge < -0.3 is 10.2 Å². The number of carbonyl (C=O) groups excluding carboxylic acids is 1. The molecule has 0 saturated carbocycles. The highest BCUT2D eigenvalue weighted by Gasteiger charge is 2.30. The maximum Gasteiger partial charge on any atom is 0.233 e. The van der Waals surface area contributed by atoms with Crippen molar-refractivity contribution in [3.8, 4) is 0 Å². The first kappa shape index (κ1) is 19.4. The lowest BCUT2D eigenvalue weighted by Gasteiger charge is -2.23. The van der Waals surface area contributed by atoms with E-state index in [1.165, 1.54) is 39.1 Å². The quantitative estimate of drug-likeness (QED) is 0.530. The summed E-state index contributed by atoms with van der Waals surface area (Å²) in [6.45, 7) is 5.03. The Balaban J connectivity index is 1.34. The van der Waals surface area contributed by atoms with Crippen LogP contribution in [0.2, 0.25) is 0 Å². The van der Waals surface area contributed by atoms with Gasteiger partial charge in [0.05, 0.1) is 11.8 Å². The van der Waals surface area contributed by atoms with Crippen LogP contribution < -0.4 is 5.32 Å². The summed E-state index contributed by atoms with van der Waals surface area (Å²) in [6, 6.07) is 10.7. The highest BCUT2D eigenvalue weighted by molar-refractivity contribution is 8.01. The van der Waals surface area contributed by atoms with Gasteiger partial charge >= 0.3 is 0 Å². The van der Waals surface area contributed by atoms with Crippen molar-refractivity contribution in [3.63, 3.8) is 0 Å². The highest BCUT2D eigenvalue weighted by Crippen LogP contribution is 2.35. The van der Waals surface area contributed by atoms with Crippen molar-refractivity contribution in [2.24, 2.45) is 0 Å². The Bertz CT molecular complexity index is 954. The Hall–Kier alpha value is -1.90. The van der Waals surface area contributed by atoms with Gasteiger partial charge in [0.25, 0.3) is 0 Å². The van der Waals surface area contributed by atoms with Crippen molar-refractivity contribution >= 4 is 51.2 Å². The summed E-state index contributed by atoms with van der Waals surface area (Å²) in [5.41, 5.74) is 3.50. The van der Waals surface area contributed by atoms with Crippen LogP contribution in [0.5, 0.6) is 0 Å². The van der Waals surface area contributed by atoms with Gasteiger partial charge in [-0.2, -0.15) is 0 Å². The number of aromatic nitrogens is 2. The van der Waals surface area contributed by atoms with Crippen LogP contribution in [0.4, 0.5) is 10.8 Å². The molecule has 0 unspecified atom stereocenters. The monoisotopic (exact) mass is 430 g/mol. The first-order valence-electron chi connectivity index (χ1n) is 9.23. The molecule has 1 amide bonds. The molecule has 1 saturated heterocycles. The highest BCUT2D eigenvalue weighted by atomic mass is 32.2. The van der Waals surface area contributed by atoms with E-state index in [-0.39, 0.29) is 11.9 Å². The van der Waals surface area contributed by atoms with Gasteiger partial charge in [-0.05, 0) is 61.4 Å². The molecule has 1 aliphatic heterocycles. The number of nitrogens with one attached hydrogen (secondary N) is 1. The van der Waals surface area contributed by atoms with E-state index in [9.17, 15) is 4.79 Å². The maximum atomic E-state index is 12.7. The SMILES string of the molecule is Cc1ccc(Nc2nnc(SCC(=O)N3CCC[C@H]3c3cccs3)s2)cc1C. The standard InChI is InChI=1S/C20H22N4OS3/c1-13-7-8-15(11-14(13)2)21-19-22-23-20(28-19)27-12-18(25)24-9-3-5-16(24)17-6-4-10-26-17/h4,6-8,10-11,16H,3,5,9,12H2,1-2H3,(H,21,22)/t16-/m0/s1. The molecule has 0 bridgehead atoms. The van der Waals surface area contributed by atoms with Crippen molar-refractivity contribution < 1.29 is 4.79 Å². The van der Waals surface area contributed by atoms with Gasteiger partial charge in [-0.3, -0.25) is 4.79 Å². The number of thioether (sulfide) groups is 1. The average molecular weight is 431 g/mol. The minimum atomic E-state index is 0.180. The zero-order chi connectivity index (χ0) is 19.5. The fourth-order valence-corrected chi connectivity index (χ4v) is 5.84. The van der Waals surface area contributed by atoms with Crippen LogP contribution in [0.1, 0.15) is 34.9 Å². The molecule has 2 aromatic heterocycles. The number of hydrogen-bond donors (Lipinski definition) is 1. The lowest BCUT2D eigenvalue weighted by molar-refractivity contribution is -0.129. The molecule has 8 heteroatoms. The number of benzene rings is 1. The number of likely N-dealkylation sites (tertiary alicyclic amines) is 1. The van der Waals surface area contributed by atoms with Crippen molar-refractivity contribution in [2.75, 3.05) is 17.6 Å². The van der Waals surface area contributed by atoms with Gasteiger partial charge in [-0.25, -0.2) is 0 Å². The summed E-state index contributed by atoms with van der Waals surface area (Å²) in [6.07, 6.45) is 2.13. The van der Waals surface area contributed by atoms with E-state index in [0.29, 0.717) is 5.75 Å². The van der Waals surface area contributed by atoms with Crippen molar-refractivity contribution in [2.45, 2.75) is 37.1 Å². The molecule has 0 spiro atoms. The maximum absolute atomic E-state index is 12.7. The summed E-state index contributed by atoms with van der Waals surface area (Å²) in [5.74, 6) is 0.583. The van der Waals surface area contributed by atoms with Gasteiger partial charge in [0, 0.05) is 17.1 Å². The Kier molecular flexibility index (Phi) is 5.99. The Morgan fingerprint density at radius 1 is 1.29 bits per heavy atom. The molecule has 4 rings (SSSR count). The Morgan fingerprint density at radius 3 is 2.96 bits per heavy atom. The normalized spacial score (nSPS) is 16.5. The zero-order valence-corrected chi connectivity index (χ0v) is 18.3. The first-order valence-corrected chi connectivity index (χ1v) is 11.9. The van der Waals surface area contributed by atoms with Gasteiger partial charge in [-0.1, -0.05) is 35.2 Å². The van der Waals surface area contributed by atoms with Gasteiger partial charge in [0.15, 0.2) is 4.34 Å². The summed E-state index contributed by atoms with van der Waals surface area (Å²) in [7, 11) is 0. The predicted molar refractivity (Wildman–Crippen MR) is 118 cm³/mol. The third-order valence-corrected chi connectivity index (χ3v) is 7.86. The van der Waals surface area contributed by atoms with Crippen LogP contribution >= 0.6 is 34.4 Å². The van der Waals surface area contributed by atoms with Crippen LogP contribution in [-0.2, 0) is 4.79 Å². The topological polar surface area (TPSA) is 58.1 Å². The first-order chi connectivity index (χ1) is 13.6. The van der Waals surface area contributed by atoms with Gasteiger partial charge in [-0.15, -0.1) is 21.5 Å². The fraction of sp³-hybridized carbons (Fsp3) is 0.350. The molecule has 3 aromatic rings. The minimum Gasteiger partial charge on any atom is -0.334 e. The van der Waals surface area contributed by atoms with Crippen LogP contribution in [0.15, 0.2) is 40.1 Å². The minimum absolute atomic E-state index is 0.180. The Morgan fingerprint density at radius 2 is 2.18 bits per heavy atom. The van der Waals surface area contributed by atoms with Crippen LogP contribution in [0, 0.1) is 13.8 Å². The molecule has 1 N–H and O–H groups in total. The predicted octanol–water partition coefficient (Wildman–Crippen LogP) is 5.42. The lowest BCUT2D eigenvalue weighted by Crippen LogP contribution is -2.31. The summed E-state index contributed by atoms with van der Waals surface area (Å²) in [4.78, 5) is 16.0. The van der Waals surface area contributed by atoms with Crippen molar-refractivity contribution in [1.29, 1.82) is 0 Å². The summed E-state index contributed by atoms with van der Waals surface area (Å²) < 4.78 is 0.812. The number of thiophene rings is 1. The van der Waals surface area contributed by atoms with E-state index in [2.05, 4.69) is 59.0 Å². The zero-order valence-electron chi connectivity index (χ0n) is 15.8. The molecule has 0 aliphatic carbocycles. The number of carbonyl (C=O) groups is 1. The van der Waals surface area contributed by atoms with E-state index in [4.69, 9.17) is 0 Å². The molecule has 1 aliphatic rings. The number of rotatable bonds is 6. The number of aryl methyl sites for hydroxylation is 2. The second-order valence-electron chi connectivity index (χ2n) is 6.85. The second-order valence-corrected chi connectivity index (χ2v) is 10.0. The molecular formula is C20H22N4OS3. The Labute approximate surface area is 177 Å². The molecule has 28 heavy (non-hydrogen) atoms. The van der Waals surface area contributed by atoms with Crippen molar-refractivity contribution in [3.05, 3.63) is 51.7 Å². The third kappa shape index (κ3) is 4.39. The van der Waals surface area contributed by atoms with E-state index in [0.717, 1.165) is 34.5 Å². The van der Waals surface area contributed by atoms with E-state index >= 15 is 0 Å². The van der Waals surface area contributed by atoms with E-state index in [1.807, 2.05) is 11.0 Å². The number of amides is 1. The molecule has 5 nitrogen and oxygen atoms in total. The smallest absolute Gasteiger partial charge is 0.233 e. The summed E-state index contributed by atoms with van der Waals surface area (Å²) >= 11 is 4.68. The van der Waals surface area contributed by atoms with Gasteiger partial charge in [0.2, 0.25) is 11.0 Å². The molecule has 0 radical (unpaired) electrons. The molecule has 1 fully saturated rings. The second kappa shape index (κ2) is 8.63. The number of nitrogens with zero attached hydrogens (tertiary/aromatic N) is 3. The number of anilines is 2. The summed E-state index contributed by atoms with van der Waals surface area (Å²) in [5, 5.41) is 14.6. The van der Waals surface area contributed by atoms with E-state index < -0.39 is 0 Å². The van der Waals surface area contributed by atoms with Crippen molar-refractivity contribution in [1.82, 2.24) is 15.1 Å². The third-order valence-electron chi connectivity index (χ3n) is 4.93. The fourth-order valence-electron chi connectivity index (χ4n) is 3.31. The van der Waals surface area contributed by atoms with Gasteiger partial charge in [0.1, 0.15) is 0 Å². The largest absolute Gasteiger partial charge is 0.334 e. The molecule has 3 heterocycles. The molecular weight excluding hydrogens is 408 g/mol. The number of hydrogen-bond acceptors (Lipinski definition) is 7. The van der Waals surface area contributed by atoms with Crippen LogP contribution in [0.3, 0.4) is 0 Å². The lowest BCUT2D eigenvalue weighted by atomic mass is 10.1.